The summed E-state index contributed by atoms with van der Waals surface area (Å²) in [6.45, 7) is 1.06. The maximum absolute atomic E-state index is 9.32. The monoisotopic (exact) mass is 206 g/mol. The quantitative estimate of drug-likeness (QED) is 0.763. The van der Waals surface area contributed by atoms with Gasteiger partial charge in [0.1, 0.15) is 0 Å². The number of aromatic nitrogens is 1. The first-order valence-electron chi connectivity index (χ1n) is 5.64. The third-order valence-electron chi connectivity index (χ3n) is 3.16. The van der Waals surface area contributed by atoms with Crippen molar-refractivity contribution in [3.05, 3.63) is 30.1 Å². The molecule has 82 valence electrons. The second-order valence-electron chi connectivity index (χ2n) is 4.20. The van der Waals surface area contributed by atoms with E-state index in [4.69, 9.17) is 0 Å². The summed E-state index contributed by atoms with van der Waals surface area (Å²) in [4.78, 5) is 3.98. The summed E-state index contributed by atoms with van der Waals surface area (Å²) >= 11 is 0. The molecule has 1 atom stereocenters. The molecule has 2 N–H and O–H groups in total. The van der Waals surface area contributed by atoms with Crippen LogP contribution in [0.5, 0.6) is 0 Å². The van der Waals surface area contributed by atoms with Crippen molar-refractivity contribution in [3.8, 4) is 0 Å². The maximum Gasteiger partial charge on any atom is 0.0511 e. The van der Waals surface area contributed by atoms with Gasteiger partial charge in [0.05, 0.1) is 6.61 Å². The number of rotatable bonds is 5. The van der Waals surface area contributed by atoms with Crippen LogP contribution < -0.4 is 5.32 Å². The summed E-state index contributed by atoms with van der Waals surface area (Å²) in [5.74, 6) is 0.202. The predicted molar refractivity (Wildman–Crippen MR) is 59.7 cm³/mol. The molecule has 15 heavy (non-hydrogen) atoms. The van der Waals surface area contributed by atoms with Crippen LogP contribution in [-0.4, -0.2) is 29.3 Å². The molecule has 1 aromatic heterocycles. The number of pyridine rings is 1. The molecule has 1 aliphatic rings. The summed E-state index contributed by atoms with van der Waals surface area (Å²) < 4.78 is 0. The highest BCUT2D eigenvalue weighted by molar-refractivity contribution is 5.16. The molecule has 0 aromatic carbocycles. The Bertz CT molecular complexity index is 285. The standard InChI is InChI=1S/C12H18N2O/c15-9-11(8-14-12-2-1-3-12)10-4-6-13-7-5-10/h4-7,11-12,14-15H,1-3,8-9H2. The Hall–Kier alpha value is -0.930. The topological polar surface area (TPSA) is 45.1 Å². The number of hydrogen-bond acceptors (Lipinski definition) is 3. The zero-order valence-electron chi connectivity index (χ0n) is 8.89. The van der Waals surface area contributed by atoms with Gasteiger partial charge < -0.3 is 10.4 Å². The highest BCUT2D eigenvalue weighted by Gasteiger charge is 2.18. The fourth-order valence-corrected chi connectivity index (χ4v) is 1.84. The van der Waals surface area contributed by atoms with Crippen molar-refractivity contribution in [2.45, 2.75) is 31.2 Å². The van der Waals surface area contributed by atoms with E-state index in [1.807, 2.05) is 12.1 Å². The second-order valence-corrected chi connectivity index (χ2v) is 4.20. The summed E-state index contributed by atoms with van der Waals surface area (Å²) in [6.07, 6.45) is 7.47. The first-order valence-corrected chi connectivity index (χ1v) is 5.64. The maximum atomic E-state index is 9.32. The van der Waals surface area contributed by atoms with Crippen molar-refractivity contribution in [1.29, 1.82) is 0 Å². The molecule has 0 aliphatic heterocycles. The molecule has 0 saturated heterocycles. The van der Waals surface area contributed by atoms with Crippen LogP contribution in [0.3, 0.4) is 0 Å². The highest BCUT2D eigenvalue weighted by Crippen LogP contribution is 2.20. The van der Waals surface area contributed by atoms with Crippen molar-refractivity contribution in [2.24, 2.45) is 0 Å². The second kappa shape index (κ2) is 5.24. The minimum absolute atomic E-state index is 0.198. The van der Waals surface area contributed by atoms with E-state index in [-0.39, 0.29) is 12.5 Å². The number of hydrogen-bond donors (Lipinski definition) is 2. The molecule has 3 heteroatoms. The molecule has 0 spiro atoms. The number of aliphatic hydroxyl groups is 1. The van der Waals surface area contributed by atoms with Crippen LogP contribution in [0.15, 0.2) is 24.5 Å². The first-order chi connectivity index (χ1) is 7.40. The fraction of sp³-hybridized carbons (Fsp3) is 0.583. The van der Waals surface area contributed by atoms with Gasteiger partial charge in [-0.3, -0.25) is 4.98 Å². The van der Waals surface area contributed by atoms with Gasteiger partial charge in [-0.2, -0.15) is 0 Å². The Labute approximate surface area is 90.5 Å². The van der Waals surface area contributed by atoms with E-state index in [1.54, 1.807) is 12.4 Å². The Morgan fingerprint density at radius 1 is 1.40 bits per heavy atom. The van der Waals surface area contributed by atoms with Gasteiger partial charge in [0.25, 0.3) is 0 Å². The summed E-state index contributed by atoms with van der Waals surface area (Å²) in [6, 6.07) is 4.63. The number of nitrogens with one attached hydrogen (secondary N) is 1. The van der Waals surface area contributed by atoms with Gasteiger partial charge in [0.15, 0.2) is 0 Å². The zero-order valence-corrected chi connectivity index (χ0v) is 8.89. The van der Waals surface area contributed by atoms with E-state index in [1.165, 1.54) is 24.8 Å². The molecule has 0 radical (unpaired) electrons. The van der Waals surface area contributed by atoms with Crippen molar-refractivity contribution >= 4 is 0 Å². The van der Waals surface area contributed by atoms with Gasteiger partial charge in [-0.1, -0.05) is 6.42 Å². The largest absolute Gasteiger partial charge is 0.396 e. The fourth-order valence-electron chi connectivity index (χ4n) is 1.84. The third-order valence-corrected chi connectivity index (χ3v) is 3.16. The predicted octanol–water partition coefficient (Wildman–Crippen LogP) is 1.30. The summed E-state index contributed by atoms with van der Waals surface area (Å²) in [5.41, 5.74) is 1.17. The van der Waals surface area contributed by atoms with Crippen molar-refractivity contribution in [2.75, 3.05) is 13.2 Å². The summed E-state index contributed by atoms with van der Waals surface area (Å²) in [5, 5.41) is 12.8. The molecule has 1 saturated carbocycles. The van der Waals surface area contributed by atoms with Crippen LogP contribution in [0.4, 0.5) is 0 Å². The van der Waals surface area contributed by atoms with Gasteiger partial charge in [0, 0.05) is 30.9 Å². The molecular formula is C12H18N2O. The Morgan fingerprint density at radius 2 is 2.13 bits per heavy atom. The molecule has 3 nitrogen and oxygen atoms in total. The molecular weight excluding hydrogens is 188 g/mol. The lowest BCUT2D eigenvalue weighted by atomic mass is 9.92. The van der Waals surface area contributed by atoms with Crippen molar-refractivity contribution < 1.29 is 5.11 Å². The minimum atomic E-state index is 0.198. The van der Waals surface area contributed by atoms with Gasteiger partial charge >= 0.3 is 0 Å². The molecule has 0 amide bonds. The third kappa shape index (κ3) is 2.76. The van der Waals surface area contributed by atoms with E-state index >= 15 is 0 Å². The van der Waals surface area contributed by atoms with Gasteiger partial charge in [-0.05, 0) is 30.5 Å². The highest BCUT2D eigenvalue weighted by atomic mass is 16.3. The Kier molecular flexibility index (Phi) is 3.69. The SMILES string of the molecule is OCC(CNC1CCC1)c1ccncc1. The lowest BCUT2D eigenvalue weighted by molar-refractivity contribution is 0.247. The first kappa shape index (κ1) is 10.6. The van der Waals surface area contributed by atoms with Crippen molar-refractivity contribution in [3.63, 3.8) is 0 Å². The smallest absolute Gasteiger partial charge is 0.0511 e. The normalized spacial score (nSPS) is 18.5. The van der Waals surface area contributed by atoms with Crippen molar-refractivity contribution in [1.82, 2.24) is 10.3 Å². The van der Waals surface area contributed by atoms with Crippen LogP contribution >= 0.6 is 0 Å². The summed E-state index contributed by atoms with van der Waals surface area (Å²) in [7, 11) is 0. The number of nitrogens with zero attached hydrogens (tertiary/aromatic N) is 1. The Balaban J connectivity index is 1.86. The van der Waals surface area contributed by atoms with Crippen LogP contribution in [0.1, 0.15) is 30.7 Å². The van der Waals surface area contributed by atoms with E-state index in [0.29, 0.717) is 6.04 Å². The van der Waals surface area contributed by atoms with Crippen LogP contribution in [0, 0.1) is 0 Å². The van der Waals surface area contributed by atoms with Gasteiger partial charge in [0.2, 0.25) is 0 Å². The molecule has 1 unspecified atom stereocenters. The minimum Gasteiger partial charge on any atom is -0.396 e. The molecule has 1 heterocycles. The average molecular weight is 206 g/mol. The van der Waals surface area contributed by atoms with Crippen LogP contribution in [0.25, 0.3) is 0 Å². The van der Waals surface area contributed by atoms with Crippen LogP contribution in [0.2, 0.25) is 0 Å². The lowest BCUT2D eigenvalue weighted by Crippen LogP contribution is -2.38. The van der Waals surface area contributed by atoms with Gasteiger partial charge in [-0.25, -0.2) is 0 Å². The Morgan fingerprint density at radius 3 is 2.67 bits per heavy atom. The molecule has 0 bridgehead atoms. The van der Waals surface area contributed by atoms with E-state index in [2.05, 4.69) is 10.3 Å². The van der Waals surface area contributed by atoms with Gasteiger partial charge in [-0.15, -0.1) is 0 Å². The molecule has 1 aromatic rings. The van der Waals surface area contributed by atoms with Crippen LogP contribution in [-0.2, 0) is 0 Å². The lowest BCUT2D eigenvalue weighted by Gasteiger charge is -2.28. The van der Waals surface area contributed by atoms with E-state index < -0.39 is 0 Å². The zero-order chi connectivity index (χ0) is 10.5. The van der Waals surface area contributed by atoms with E-state index in [0.717, 1.165) is 6.54 Å². The molecule has 1 aliphatic carbocycles. The molecule has 2 rings (SSSR count). The molecule has 1 fully saturated rings. The van der Waals surface area contributed by atoms with E-state index in [9.17, 15) is 5.11 Å². The number of aliphatic hydroxyl groups excluding tert-OH is 1. The average Bonchev–Trinajstić information content (AvgIpc) is 2.23.